The Bertz CT molecular complexity index is 1250. The number of rotatable bonds is 10. The van der Waals surface area contributed by atoms with Gasteiger partial charge in [0.25, 0.3) is 11.8 Å². The Labute approximate surface area is 203 Å². The number of β-lactam (4-membered cyclic amide) rings is 1. The van der Waals surface area contributed by atoms with Gasteiger partial charge in [0.2, 0.25) is 0 Å². The Kier molecular flexibility index (Phi) is 7.85. The minimum Gasteiger partial charge on any atom is -0.490 e. The van der Waals surface area contributed by atoms with Crippen molar-refractivity contribution in [3.63, 3.8) is 0 Å². The molecule has 188 valence electrons. The molecule has 1 aromatic carbocycles. The summed E-state index contributed by atoms with van der Waals surface area (Å²) < 4.78 is 37.3. The summed E-state index contributed by atoms with van der Waals surface area (Å²) in [5.41, 5.74) is 8.22. The molecule has 0 spiro atoms. The first-order valence-electron chi connectivity index (χ1n) is 9.84. The highest BCUT2D eigenvalue weighted by Crippen LogP contribution is 2.23. The van der Waals surface area contributed by atoms with Crippen LogP contribution in [0.3, 0.4) is 0 Å². The number of thiazole rings is 1. The van der Waals surface area contributed by atoms with Gasteiger partial charge in [-0.15, -0.1) is 11.3 Å². The van der Waals surface area contributed by atoms with Gasteiger partial charge in [0.05, 0.1) is 6.04 Å². The molecule has 0 saturated carbocycles. The summed E-state index contributed by atoms with van der Waals surface area (Å²) in [6.45, 7) is 1.34. The molecule has 17 heteroatoms. The minimum atomic E-state index is -4.74. The van der Waals surface area contributed by atoms with Crippen molar-refractivity contribution < 1.29 is 32.1 Å². The molecule has 8 N–H and O–H groups in total. The summed E-state index contributed by atoms with van der Waals surface area (Å²) in [5, 5.41) is 15.4. The van der Waals surface area contributed by atoms with Gasteiger partial charge in [0.15, 0.2) is 17.5 Å². The van der Waals surface area contributed by atoms with Crippen LogP contribution in [-0.2, 0) is 24.7 Å². The number of ether oxygens (including phenoxy) is 1. The normalized spacial score (nSPS) is 18.0. The van der Waals surface area contributed by atoms with E-state index in [1.165, 1.54) is 12.3 Å². The molecule has 2 heterocycles. The fourth-order valence-electron chi connectivity index (χ4n) is 3.02. The summed E-state index contributed by atoms with van der Waals surface area (Å²) in [6.07, 6.45) is 0. The van der Waals surface area contributed by atoms with Crippen molar-refractivity contribution in [2.75, 3.05) is 18.9 Å². The molecule has 2 amide bonds. The molecular formula is C18H22N8O7S2. The molecule has 2 aromatic rings. The van der Waals surface area contributed by atoms with Crippen LogP contribution >= 0.6 is 11.3 Å². The first-order chi connectivity index (χ1) is 16.5. The van der Waals surface area contributed by atoms with Crippen LogP contribution < -0.4 is 27.1 Å². The van der Waals surface area contributed by atoms with E-state index in [9.17, 15) is 18.0 Å². The Balaban J connectivity index is 1.60. The largest absolute Gasteiger partial charge is 0.490 e. The van der Waals surface area contributed by atoms with Crippen molar-refractivity contribution >= 4 is 50.1 Å². The Morgan fingerprint density at radius 2 is 2.03 bits per heavy atom. The summed E-state index contributed by atoms with van der Waals surface area (Å²) in [5.74, 6) is 3.88. The summed E-state index contributed by atoms with van der Waals surface area (Å²) in [4.78, 5) is 34.0. The second-order valence-electron chi connectivity index (χ2n) is 7.04. The lowest BCUT2D eigenvalue weighted by molar-refractivity contribution is -0.143. The predicted molar refractivity (Wildman–Crippen MR) is 125 cm³/mol. The highest BCUT2D eigenvalue weighted by atomic mass is 32.2. The highest BCUT2D eigenvalue weighted by Gasteiger charge is 2.51. The van der Waals surface area contributed by atoms with E-state index in [-0.39, 0.29) is 39.9 Å². The van der Waals surface area contributed by atoms with Crippen molar-refractivity contribution in [3.05, 3.63) is 40.9 Å². The zero-order chi connectivity index (χ0) is 25.8. The fraction of sp³-hybridized carbons (Fsp3) is 0.278. The molecule has 2 atom stereocenters. The van der Waals surface area contributed by atoms with Crippen LogP contribution in [0.4, 0.5) is 5.13 Å². The molecule has 0 aliphatic carbocycles. The predicted octanol–water partition coefficient (Wildman–Crippen LogP) is -1.17. The van der Waals surface area contributed by atoms with Crippen LogP contribution in [0.15, 0.2) is 34.8 Å². The Morgan fingerprint density at radius 1 is 1.34 bits per heavy atom. The number of carbonyl (C=O) groups is 2. The maximum Gasteiger partial charge on any atom is 0.362 e. The number of nitrogen functional groups attached to an aromatic ring is 1. The highest BCUT2D eigenvalue weighted by molar-refractivity contribution is 7.84. The standard InChI is InChI=1S/C18H22N8O7S2/c1-9-13(17(28)26(9)35(29,30)31)23-16(27)14(12-8-34-18(20)22-12)25-33-7-6-32-11-4-2-10(3-5-11)15(19)24-21/h2-5,8-9,13H,6-7,21H2,1H3,(H2,19,24)(H2,20,22)(H,23,27)(H,29,30,31)/t9-,13-/m0/s1. The number of nitrogens with one attached hydrogen (secondary N) is 3. The Hall–Kier alpha value is -3.80. The molecule has 0 radical (unpaired) electrons. The molecule has 1 aliphatic heterocycles. The van der Waals surface area contributed by atoms with Gasteiger partial charge >= 0.3 is 10.3 Å². The van der Waals surface area contributed by atoms with Gasteiger partial charge < -0.3 is 26.1 Å². The van der Waals surface area contributed by atoms with Crippen molar-refractivity contribution in [1.82, 2.24) is 20.0 Å². The van der Waals surface area contributed by atoms with E-state index in [1.807, 2.05) is 0 Å². The maximum absolute atomic E-state index is 12.8. The van der Waals surface area contributed by atoms with Gasteiger partial charge in [0, 0.05) is 10.9 Å². The van der Waals surface area contributed by atoms with E-state index in [0.29, 0.717) is 11.3 Å². The third-order valence-electron chi connectivity index (χ3n) is 4.74. The third-order valence-corrected chi connectivity index (χ3v) is 6.42. The van der Waals surface area contributed by atoms with Gasteiger partial charge in [-0.05, 0) is 31.2 Å². The van der Waals surface area contributed by atoms with E-state index >= 15 is 0 Å². The molecule has 1 aromatic heterocycles. The zero-order valence-corrected chi connectivity index (χ0v) is 19.8. The van der Waals surface area contributed by atoms with Crippen molar-refractivity contribution in [3.8, 4) is 5.75 Å². The number of amides is 2. The summed E-state index contributed by atoms with van der Waals surface area (Å²) in [6, 6.07) is 4.33. The first kappa shape index (κ1) is 25.8. The number of aromatic nitrogens is 1. The fourth-order valence-corrected chi connectivity index (χ4v) is 4.45. The SMILES string of the molecule is C[C@H]1[C@H](NC(=O)C(=NOCCOc2ccc(C(=N)NN)cc2)c2csc(N)n2)C(=O)N1S(=O)(=O)O. The number of hydrogen-bond donors (Lipinski definition) is 6. The minimum absolute atomic E-state index is 0.0476. The summed E-state index contributed by atoms with van der Waals surface area (Å²) >= 11 is 1.05. The average Bonchev–Trinajstić information content (AvgIpc) is 3.24. The van der Waals surface area contributed by atoms with Gasteiger partial charge in [0.1, 0.15) is 29.9 Å². The number of hydrazine groups is 1. The third kappa shape index (κ3) is 6.01. The second-order valence-corrected chi connectivity index (χ2v) is 9.22. The monoisotopic (exact) mass is 526 g/mol. The van der Waals surface area contributed by atoms with E-state index < -0.39 is 34.2 Å². The molecular weight excluding hydrogens is 504 g/mol. The zero-order valence-electron chi connectivity index (χ0n) is 18.2. The van der Waals surface area contributed by atoms with Crippen LogP contribution in [0.5, 0.6) is 5.75 Å². The number of hydrogen-bond acceptors (Lipinski definition) is 12. The van der Waals surface area contributed by atoms with Crippen molar-refractivity contribution in [2.24, 2.45) is 11.0 Å². The number of nitrogens with zero attached hydrogens (tertiary/aromatic N) is 3. The number of carbonyl (C=O) groups excluding carboxylic acids is 2. The number of anilines is 1. The first-order valence-corrected chi connectivity index (χ1v) is 12.1. The van der Waals surface area contributed by atoms with Crippen molar-refractivity contribution in [1.29, 1.82) is 5.41 Å². The lowest BCUT2D eigenvalue weighted by Crippen LogP contribution is -2.71. The lowest BCUT2D eigenvalue weighted by atomic mass is 10.0. The van der Waals surface area contributed by atoms with E-state index in [0.717, 1.165) is 11.3 Å². The maximum atomic E-state index is 12.8. The number of amidine groups is 1. The number of nitrogens with two attached hydrogens (primary N) is 2. The van der Waals surface area contributed by atoms with Gasteiger partial charge in [-0.3, -0.25) is 19.6 Å². The topological polar surface area (TPSA) is 235 Å². The molecule has 0 bridgehead atoms. The lowest BCUT2D eigenvalue weighted by Gasteiger charge is -2.42. The van der Waals surface area contributed by atoms with E-state index in [2.05, 4.69) is 20.9 Å². The van der Waals surface area contributed by atoms with Crippen LogP contribution in [0.1, 0.15) is 18.2 Å². The smallest absolute Gasteiger partial charge is 0.362 e. The van der Waals surface area contributed by atoms with Gasteiger partial charge in [-0.1, -0.05) is 5.16 Å². The molecule has 0 unspecified atom stereocenters. The number of oxime groups is 1. The molecule has 1 fully saturated rings. The molecule has 1 saturated heterocycles. The average molecular weight is 527 g/mol. The Morgan fingerprint density at radius 3 is 2.57 bits per heavy atom. The van der Waals surface area contributed by atoms with Crippen LogP contribution in [0.25, 0.3) is 0 Å². The number of benzene rings is 1. The molecule has 15 nitrogen and oxygen atoms in total. The van der Waals surface area contributed by atoms with Crippen LogP contribution in [-0.4, -0.2) is 70.9 Å². The van der Waals surface area contributed by atoms with E-state index in [4.69, 9.17) is 31.1 Å². The second kappa shape index (κ2) is 10.6. The van der Waals surface area contributed by atoms with Gasteiger partial charge in [-0.2, -0.15) is 8.42 Å². The van der Waals surface area contributed by atoms with Gasteiger partial charge in [-0.25, -0.2) is 15.1 Å². The van der Waals surface area contributed by atoms with Crippen molar-refractivity contribution in [2.45, 2.75) is 19.0 Å². The van der Waals surface area contributed by atoms with Crippen LogP contribution in [0, 0.1) is 5.41 Å². The molecule has 1 aliphatic rings. The summed E-state index contributed by atoms with van der Waals surface area (Å²) in [7, 11) is -4.74. The van der Waals surface area contributed by atoms with E-state index in [1.54, 1.807) is 24.3 Å². The van der Waals surface area contributed by atoms with Crippen LogP contribution in [0.2, 0.25) is 0 Å². The quantitative estimate of drug-likeness (QED) is 0.0410. The molecule has 35 heavy (non-hydrogen) atoms. The molecule has 3 rings (SSSR count).